The van der Waals surface area contributed by atoms with Gasteiger partial charge in [-0.25, -0.2) is 8.42 Å². The van der Waals surface area contributed by atoms with E-state index in [4.69, 9.17) is 0 Å². The molecular weight excluding hydrogens is 376 g/mol. The minimum Gasteiger partial charge on any atom is -0.324 e. The molecule has 0 aromatic heterocycles. The summed E-state index contributed by atoms with van der Waals surface area (Å²) in [4.78, 5) is 24.1. The van der Waals surface area contributed by atoms with E-state index < -0.39 is 15.9 Å². The lowest BCUT2D eigenvalue weighted by molar-refractivity contribution is -0.116. The van der Waals surface area contributed by atoms with Crippen LogP contribution in [0.2, 0.25) is 0 Å². The SMILES string of the molecule is CC(=O)c1ccccc1NC(=O)CN(C)S(=O)(=O)c1ccc2ccccc2c1. The van der Waals surface area contributed by atoms with Crippen LogP contribution in [0.1, 0.15) is 17.3 Å². The fraction of sp³-hybridized carbons (Fsp3) is 0.143. The van der Waals surface area contributed by atoms with Gasteiger partial charge in [0, 0.05) is 12.6 Å². The Morgan fingerprint density at radius 3 is 2.29 bits per heavy atom. The highest BCUT2D eigenvalue weighted by molar-refractivity contribution is 7.89. The van der Waals surface area contributed by atoms with E-state index in [-0.39, 0.29) is 17.2 Å². The molecule has 3 aromatic rings. The Morgan fingerprint density at radius 2 is 1.57 bits per heavy atom. The van der Waals surface area contributed by atoms with Crippen LogP contribution in [0.5, 0.6) is 0 Å². The second-order valence-electron chi connectivity index (χ2n) is 6.42. The van der Waals surface area contributed by atoms with Gasteiger partial charge in [-0.2, -0.15) is 4.31 Å². The molecule has 6 nitrogen and oxygen atoms in total. The van der Waals surface area contributed by atoms with E-state index in [1.807, 2.05) is 24.3 Å². The van der Waals surface area contributed by atoms with Crippen LogP contribution < -0.4 is 5.32 Å². The first kappa shape index (κ1) is 19.7. The van der Waals surface area contributed by atoms with Crippen LogP contribution in [0, 0.1) is 0 Å². The highest BCUT2D eigenvalue weighted by atomic mass is 32.2. The zero-order valence-corrected chi connectivity index (χ0v) is 16.4. The molecule has 3 aromatic carbocycles. The van der Waals surface area contributed by atoms with Gasteiger partial charge < -0.3 is 5.32 Å². The number of ketones is 1. The first-order valence-electron chi connectivity index (χ1n) is 8.64. The largest absolute Gasteiger partial charge is 0.324 e. The number of carbonyl (C=O) groups excluding carboxylic acids is 2. The molecule has 1 amide bonds. The van der Waals surface area contributed by atoms with Crippen molar-refractivity contribution in [1.29, 1.82) is 0 Å². The van der Waals surface area contributed by atoms with Crippen molar-refractivity contribution in [2.45, 2.75) is 11.8 Å². The number of amides is 1. The summed E-state index contributed by atoms with van der Waals surface area (Å²) >= 11 is 0. The standard InChI is InChI=1S/C21H20N2O4S/c1-15(24)19-9-5-6-10-20(19)22-21(25)14-23(2)28(26,27)18-12-11-16-7-3-4-8-17(16)13-18/h3-13H,14H2,1-2H3,(H,22,25). The summed E-state index contributed by atoms with van der Waals surface area (Å²) in [7, 11) is -2.49. The number of hydrogen-bond acceptors (Lipinski definition) is 4. The van der Waals surface area contributed by atoms with Crippen molar-refractivity contribution in [3.63, 3.8) is 0 Å². The lowest BCUT2D eigenvalue weighted by atomic mass is 10.1. The second kappa shape index (κ2) is 7.92. The molecule has 0 saturated heterocycles. The maximum Gasteiger partial charge on any atom is 0.243 e. The molecule has 28 heavy (non-hydrogen) atoms. The smallest absolute Gasteiger partial charge is 0.243 e. The molecule has 0 unspecified atom stereocenters. The van der Waals surface area contributed by atoms with Crippen LogP contribution in [0.25, 0.3) is 10.8 Å². The van der Waals surface area contributed by atoms with Crippen LogP contribution in [0.4, 0.5) is 5.69 Å². The first-order chi connectivity index (χ1) is 13.3. The summed E-state index contributed by atoms with van der Waals surface area (Å²) in [5, 5.41) is 4.35. The van der Waals surface area contributed by atoms with Crippen LogP contribution >= 0.6 is 0 Å². The molecule has 0 saturated carbocycles. The minimum atomic E-state index is -3.84. The average molecular weight is 396 g/mol. The summed E-state index contributed by atoms with van der Waals surface area (Å²) in [6.07, 6.45) is 0. The maximum absolute atomic E-state index is 12.8. The molecule has 1 N–H and O–H groups in total. The van der Waals surface area contributed by atoms with Gasteiger partial charge in [0.1, 0.15) is 0 Å². The molecule has 0 radical (unpaired) electrons. The number of Topliss-reactive ketones (excluding diaryl/α,β-unsaturated/α-hetero) is 1. The van der Waals surface area contributed by atoms with E-state index in [1.165, 1.54) is 20.0 Å². The quantitative estimate of drug-likeness (QED) is 0.648. The third-order valence-corrected chi connectivity index (χ3v) is 6.18. The summed E-state index contributed by atoms with van der Waals surface area (Å²) in [5.74, 6) is -0.714. The third kappa shape index (κ3) is 4.11. The molecule has 3 rings (SSSR count). The fourth-order valence-corrected chi connectivity index (χ4v) is 4.05. The van der Waals surface area contributed by atoms with E-state index in [0.29, 0.717) is 11.3 Å². The van der Waals surface area contributed by atoms with E-state index in [0.717, 1.165) is 15.1 Å². The number of hydrogen-bond donors (Lipinski definition) is 1. The van der Waals surface area contributed by atoms with E-state index >= 15 is 0 Å². The van der Waals surface area contributed by atoms with Gasteiger partial charge in [-0.05, 0) is 42.0 Å². The fourth-order valence-electron chi connectivity index (χ4n) is 2.88. The number of likely N-dealkylation sites (N-methyl/N-ethyl adjacent to an activating group) is 1. The van der Waals surface area contributed by atoms with Gasteiger partial charge in [0.15, 0.2) is 5.78 Å². The van der Waals surface area contributed by atoms with Crippen molar-refractivity contribution in [3.05, 3.63) is 72.3 Å². The summed E-state index contributed by atoms with van der Waals surface area (Å²) in [5.41, 5.74) is 0.729. The van der Waals surface area contributed by atoms with E-state index in [2.05, 4.69) is 5.32 Å². The second-order valence-corrected chi connectivity index (χ2v) is 8.46. The van der Waals surface area contributed by atoms with Crippen molar-refractivity contribution in [1.82, 2.24) is 4.31 Å². The summed E-state index contributed by atoms with van der Waals surface area (Å²) in [6, 6.07) is 18.9. The Hall–Kier alpha value is -3.03. The molecule has 0 aliphatic carbocycles. The number of rotatable bonds is 6. The van der Waals surface area contributed by atoms with Crippen molar-refractivity contribution in [2.75, 3.05) is 18.9 Å². The molecule has 0 atom stereocenters. The molecule has 0 heterocycles. The number of para-hydroxylation sites is 1. The average Bonchev–Trinajstić information content (AvgIpc) is 2.67. The number of fused-ring (bicyclic) bond motifs is 1. The van der Waals surface area contributed by atoms with Gasteiger partial charge in [0.05, 0.1) is 17.1 Å². The van der Waals surface area contributed by atoms with Crippen molar-refractivity contribution in [2.24, 2.45) is 0 Å². The zero-order valence-electron chi connectivity index (χ0n) is 15.5. The van der Waals surface area contributed by atoms with Crippen molar-refractivity contribution in [3.8, 4) is 0 Å². The number of sulfonamides is 1. The van der Waals surface area contributed by atoms with Crippen LogP contribution in [0.3, 0.4) is 0 Å². The van der Waals surface area contributed by atoms with E-state index in [9.17, 15) is 18.0 Å². The number of anilines is 1. The van der Waals surface area contributed by atoms with Gasteiger partial charge in [-0.3, -0.25) is 9.59 Å². The Balaban J connectivity index is 1.78. The van der Waals surface area contributed by atoms with Crippen LogP contribution in [-0.2, 0) is 14.8 Å². The van der Waals surface area contributed by atoms with Gasteiger partial charge in [0.25, 0.3) is 0 Å². The Labute approximate surface area is 163 Å². The molecule has 0 aliphatic rings. The van der Waals surface area contributed by atoms with Crippen molar-refractivity contribution >= 4 is 38.2 Å². The minimum absolute atomic E-state index is 0.116. The summed E-state index contributed by atoms with van der Waals surface area (Å²) in [6.45, 7) is 1.03. The Kier molecular flexibility index (Phi) is 5.58. The van der Waals surface area contributed by atoms with E-state index in [1.54, 1.807) is 36.4 Å². The predicted molar refractivity (Wildman–Crippen MR) is 109 cm³/mol. The summed E-state index contributed by atoms with van der Waals surface area (Å²) < 4.78 is 26.7. The monoisotopic (exact) mass is 396 g/mol. The maximum atomic E-state index is 12.8. The Bertz CT molecular complexity index is 1160. The third-order valence-electron chi connectivity index (χ3n) is 4.38. The molecule has 7 heteroatoms. The van der Waals surface area contributed by atoms with Gasteiger partial charge in [-0.15, -0.1) is 0 Å². The lowest BCUT2D eigenvalue weighted by Crippen LogP contribution is -2.35. The lowest BCUT2D eigenvalue weighted by Gasteiger charge is -2.18. The number of benzene rings is 3. The highest BCUT2D eigenvalue weighted by Gasteiger charge is 2.23. The zero-order chi connectivity index (χ0) is 20.3. The Morgan fingerprint density at radius 1 is 0.929 bits per heavy atom. The van der Waals surface area contributed by atoms with Crippen LogP contribution in [0.15, 0.2) is 71.6 Å². The number of nitrogens with zero attached hydrogens (tertiary/aromatic N) is 1. The van der Waals surface area contributed by atoms with Gasteiger partial charge in [-0.1, -0.05) is 42.5 Å². The van der Waals surface area contributed by atoms with Gasteiger partial charge >= 0.3 is 0 Å². The van der Waals surface area contributed by atoms with Crippen molar-refractivity contribution < 1.29 is 18.0 Å². The molecule has 0 bridgehead atoms. The normalized spacial score (nSPS) is 11.5. The first-order valence-corrected chi connectivity index (χ1v) is 10.1. The number of nitrogens with one attached hydrogen (secondary N) is 1. The predicted octanol–water partition coefficient (Wildman–Crippen LogP) is 3.30. The molecule has 0 fully saturated rings. The molecule has 144 valence electrons. The topological polar surface area (TPSA) is 83.6 Å². The highest BCUT2D eigenvalue weighted by Crippen LogP contribution is 2.21. The number of carbonyl (C=O) groups is 2. The van der Waals surface area contributed by atoms with Crippen LogP contribution in [-0.4, -0.2) is 38.0 Å². The molecule has 0 aliphatic heterocycles. The molecule has 0 spiro atoms. The molecular formula is C21H20N2O4S. The van der Waals surface area contributed by atoms with Gasteiger partial charge in [0.2, 0.25) is 15.9 Å².